The molecular formula is C21H28ClN3O6S. The molecule has 2 aromatic carbocycles. The van der Waals surface area contributed by atoms with Crippen molar-refractivity contribution in [3.63, 3.8) is 0 Å². The summed E-state index contributed by atoms with van der Waals surface area (Å²) in [7, 11) is -1.08. The van der Waals surface area contributed by atoms with Gasteiger partial charge in [0.2, 0.25) is 0 Å². The van der Waals surface area contributed by atoms with E-state index in [0.29, 0.717) is 42.9 Å². The zero-order valence-corrected chi connectivity index (χ0v) is 19.8. The molecule has 3 N–H and O–H groups in total. The molecule has 0 aliphatic rings. The van der Waals surface area contributed by atoms with Crippen LogP contribution >= 0.6 is 12.4 Å². The Bertz CT molecular complexity index is 1150. The number of hydrogen-bond acceptors (Lipinski definition) is 8. The molecule has 0 aliphatic heterocycles. The first-order valence-corrected chi connectivity index (χ1v) is 11.4. The topological polar surface area (TPSA) is 126 Å². The maximum atomic E-state index is 13.1. The summed E-state index contributed by atoms with van der Waals surface area (Å²) in [5, 5.41) is 4.34. The van der Waals surface area contributed by atoms with Gasteiger partial charge < -0.3 is 24.5 Å². The number of ether oxygens (including phenoxy) is 3. The number of nitrogens with zero attached hydrogens (tertiary/aromatic N) is 1. The van der Waals surface area contributed by atoms with E-state index in [0.717, 1.165) is 17.5 Å². The van der Waals surface area contributed by atoms with Gasteiger partial charge in [0.05, 0.1) is 20.8 Å². The van der Waals surface area contributed by atoms with Crippen molar-refractivity contribution >= 4 is 39.2 Å². The van der Waals surface area contributed by atoms with Crippen LogP contribution in [0.25, 0.3) is 11.0 Å². The monoisotopic (exact) mass is 485 g/mol. The molecule has 0 unspecified atom stereocenters. The molecule has 0 amide bonds. The van der Waals surface area contributed by atoms with Crippen molar-refractivity contribution in [2.24, 2.45) is 5.73 Å². The van der Waals surface area contributed by atoms with Crippen LogP contribution in [0.3, 0.4) is 0 Å². The van der Waals surface area contributed by atoms with E-state index in [9.17, 15) is 8.42 Å². The first-order chi connectivity index (χ1) is 14.9. The molecule has 1 aromatic heterocycles. The summed E-state index contributed by atoms with van der Waals surface area (Å²) < 4.78 is 50.4. The molecule has 9 nitrogen and oxygen atoms in total. The largest absolute Gasteiger partial charge is 0.496 e. The number of fused-ring (bicyclic) bond motifs is 1. The number of nitrogens with two attached hydrogens (primary N) is 1. The van der Waals surface area contributed by atoms with Gasteiger partial charge in [-0.15, -0.1) is 12.4 Å². The molecule has 0 saturated heterocycles. The number of anilines is 1. The van der Waals surface area contributed by atoms with Crippen LogP contribution in [0.15, 0.2) is 39.8 Å². The molecule has 0 radical (unpaired) electrons. The Morgan fingerprint density at radius 1 is 1.09 bits per heavy atom. The zero-order chi connectivity index (χ0) is 22.4. The molecule has 0 fully saturated rings. The molecule has 11 heteroatoms. The van der Waals surface area contributed by atoms with Gasteiger partial charge in [-0.2, -0.15) is 0 Å². The van der Waals surface area contributed by atoms with Gasteiger partial charge in [0.25, 0.3) is 10.0 Å². The highest BCUT2D eigenvalue weighted by Crippen LogP contribution is 2.36. The molecule has 0 saturated carbocycles. The van der Waals surface area contributed by atoms with Gasteiger partial charge in [-0.05, 0) is 54.8 Å². The van der Waals surface area contributed by atoms with E-state index < -0.39 is 10.0 Å². The minimum absolute atomic E-state index is 0. The van der Waals surface area contributed by atoms with Crippen molar-refractivity contribution in [2.45, 2.75) is 31.3 Å². The van der Waals surface area contributed by atoms with E-state index in [4.69, 9.17) is 24.5 Å². The lowest BCUT2D eigenvalue weighted by molar-refractivity contribution is 0.120. The maximum absolute atomic E-state index is 13.1. The number of nitrogens with one attached hydrogen (secondary N) is 1. The quantitative estimate of drug-likeness (QED) is 0.395. The lowest BCUT2D eigenvalue weighted by Crippen LogP contribution is -2.15. The molecule has 3 aromatic rings. The third-order valence-corrected chi connectivity index (χ3v) is 6.10. The summed E-state index contributed by atoms with van der Waals surface area (Å²) in [4.78, 5) is 0.0226. The first-order valence-electron chi connectivity index (χ1n) is 9.87. The second kappa shape index (κ2) is 11.4. The van der Waals surface area contributed by atoms with Crippen molar-refractivity contribution in [3.8, 4) is 11.5 Å². The summed E-state index contributed by atoms with van der Waals surface area (Å²) in [6.45, 7) is 3.38. The lowest BCUT2D eigenvalue weighted by Gasteiger charge is -2.12. The highest BCUT2D eigenvalue weighted by molar-refractivity contribution is 7.92. The molecule has 3 rings (SSSR count). The zero-order valence-electron chi connectivity index (χ0n) is 18.2. The third kappa shape index (κ3) is 5.63. The first kappa shape index (κ1) is 25.7. The Labute approximate surface area is 193 Å². The molecule has 32 heavy (non-hydrogen) atoms. The standard InChI is InChI=1S/C21H27N3O6S.ClH/c1-4-14-6-7-16(27-2)19(12-14)31(25,26)24-21-20-17(28-3)10-15(11-18(20)30-23-21)13-29-9-5-8-22;/h6-7,10-12H,4-5,8-9,13,22H2,1-3H3,(H,23,24);1H. The Morgan fingerprint density at radius 2 is 1.84 bits per heavy atom. The van der Waals surface area contributed by atoms with Crippen molar-refractivity contribution in [2.75, 3.05) is 32.1 Å². The second-order valence-corrected chi connectivity index (χ2v) is 8.49. The van der Waals surface area contributed by atoms with E-state index in [-0.39, 0.29) is 28.9 Å². The summed E-state index contributed by atoms with van der Waals surface area (Å²) in [5.41, 5.74) is 7.52. The number of hydrogen-bond donors (Lipinski definition) is 2. The Balaban J connectivity index is 0.00000363. The van der Waals surface area contributed by atoms with Crippen LogP contribution in [0.1, 0.15) is 24.5 Å². The van der Waals surface area contributed by atoms with Crippen molar-refractivity contribution in [1.29, 1.82) is 0 Å². The van der Waals surface area contributed by atoms with Crippen LogP contribution in [0, 0.1) is 0 Å². The van der Waals surface area contributed by atoms with Crippen LogP contribution in [0.5, 0.6) is 11.5 Å². The van der Waals surface area contributed by atoms with Crippen molar-refractivity contribution < 1.29 is 27.2 Å². The van der Waals surface area contributed by atoms with Crippen LogP contribution < -0.4 is 19.9 Å². The summed E-state index contributed by atoms with van der Waals surface area (Å²) in [6, 6.07) is 8.54. The lowest BCUT2D eigenvalue weighted by atomic mass is 10.1. The van der Waals surface area contributed by atoms with Gasteiger partial charge in [0, 0.05) is 6.61 Å². The molecular weight excluding hydrogens is 458 g/mol. The van der Waals surface area contributed by atoms with Gasteiger partial charge in [-0.1, -0.05) is 18.1 Å². The smallest absolute Gasteiger partial charge is 0.266 e. The molecule has 1 heterocycles. The SMILES string of the molecule is CCc1ccc(OC)c(S(=O)(=O)Nc2noc3cc(COCCCN)cc(OC)c23)c1.Cl. The van der Waals surface area contributed by atoms with E-state index in [1.54, 1.807) is 24.3 Å². The highest BCUT2D eigenvalue weighted by Gasteiger charge is 2.24. The van der Waals surface area contributed by atoms with Crippen LogP contribution in [0.2, 0.25) is 0 Å². The Hall–Kier alpha value is -2.53. The maximum Gasteiger partial charge on any atom is 0.266 e. The molecule has 176 valence electrons. The van der Waals surface area contributed by atoms with Gasteiger partial charge in [-0.25, -0.2) is 8.42 Å². The van der Waals surface area contributed by atoms with Gasteiger partial charge >= 0.3 is 0 Å². The minimum atomic E-state index is -4.00. The number of sulfonamides is 1. The number of methoxy groups -OCH3 is 2. The van der Waals surface area contributed by atoms with Gasteiger partial charge in [0.1, 0.15) is 21.8 Å². The predicted octanol–water partition coefficient (Wildman–Crippen LogP) is 3.50. The normalized spacial score (nSPS) is 11.2. The van der Waals surface area contributed by atoms with Crippen LogP contribution in [-0.4, -0.2) is 40.9 Å². The van der Waals surface area contributed by atoms with E-state index in [1.807, 2.05) is 13.0 Å². The fourth-order valence-electron chi connectivity index (χ4n) is 3.11. The summed E-state index contributed by atoms with van der Waals surface area (Å²) in [6.07, 6.45) is 1.44. The number of halogens is 1. The Morgan fingerprint density at radius 3 is 2.50 bits per heavy atom. The Kier molecular flexibility index (Phi) is 9.14. The highest BCUT2D eigenvalue weighted by atomic mass is 35.5. The average molecular weight is 486 g/mol. The number of aryl methyl sites for hydroxylation is 1. The molecule has 0 aliphatic carbocycles. The molecule has 0 bridgehead atoms. The minimum Gasteiger partial charge on any atom is -0.496 e. The van der Waals surface area contributed by atoms with Crippen LogP contribution in [0.4, 0.5) is 5.82 Å². The van der Waals surface area contributed by atoms with Gasteiger partial charge in [0.15, 0.2) is 11.4 Å². The third-order valence-electron chi connectivity index (χ3n) is 4.74. The number of rotatable bonds is 11. The predicted molar refractivity (Wildman–Crippen MR) is 124 cm³/mol. The summed E-state index contributed by atoms with van der Waals surface area (Å²) in [5.74, 6) is 0.691. The van der Waals surface area contributed by atoms with Crippen molar-refractivity contribution in [3.05, 3.63) is 41.5 Å². The molecule has 0 spiro atoms. The van der Waals surface area contributed by atoms with Gasteiger partial charge in [-0.3, -0.25) is 4.72 Å². The number of benzene rings is 2. The fraction of sp³-hybridized carbons (Fsp3) is 0.381. The van der Waals surface area contributed by atoms with Crippen molar-refractivity contribution in [1.82, 2.24) is 5.16 Å². The van der Waals surface area contributed by atoms with E-state index in [1.165, 1.54) is 14.2 Å². The molecule has 0 atom stereocenters. The van der Waals surface area contributed by atoms with E-state index in [2.05, 4.69) is 9.88 Å². The second-order valence-electron chi connectivity index (χ2n) is 6.84. The fourth-order valence-corrected chi connectivity index (χ4v) is 4.34. The average Bonchev–Trinajstić information content (AvgIpc) is 3.17. The summed E-state index contributed by atoms with van der Waals surface area (Å²) >= 11 is 0. The number of aromatic nitrogens is 1. The van der Waals surface area contributed by atoms with E-state index >= 15 is 0 Å². The van der Waals surface area contributed by atoms with Crippen LogP contribution in [-0.2, 0) is 27.8 Å².